The van der Waals surface area contributed by atoms with Crippen molar-refractivity contribution >= 4 is 40.6 Å². The third kappa shape index (κ3) is 5.33. The molecule has 1 amide bonds. The van der Waals surface area contributed by atoms with E-state index in [0.717, 1.165) is 12.2 Å². The van der Waals surface area contributed by atoms with Crippen molar-refractivity contribution in [2.24, 2.45) is 5.92 Å². The summed E-state index contributed by atoms with van der Waals surface area (Å²) in [6.45, 7) is 6.27. The Bertz CT molecular complexity index is 439. The Hall–Kier alpha value is -0.870. The van der Waals surface area contributed by atoms with Crippen LogP contribution in [0.4, 0.5) is 11.4 Å². The van der Waals surface area contributed by atoms with Gasteiger partial charge in [0.25, 0.3) is 0 Å². The number of carbonyl (C=O) groups is 1. The molecule has 3 nitrogen and oxygen atoms in total. The van der Waals surface area contributed by atoms with E-state index in [1.54, 1.807) is 30.0 Å². The van der Waals surface area contributed by atoms with E-state index in [1.165, 1.54) is 0 Å². The molecule has 106 valence electrons. The molecule has 3 N–H and O–H groups in total. The van der Waals surface area contributed by atoms with Crippen LogP contribution >= 0.6 is 23.4 Å². The fraction of sp³-hybridized carbons (Fsp3) is 0.500. The predicted molar refractivity (Wildman–Crippen MR) is 85.9 cm³/mol. The Balaban J connectivity index is 2.51. The van der Waals surface area contributed by atoms with Crippen molar-refractivity contribution in [2.75, 3.05) is 16.8 Å². The minimum atomic E-state index is -0.0779. The summed E-state index contributed by atoms with van der Waals surface area (Å²) >= 11 is 7.51. The first-order valence-electron chi connectivity index (χ1n) is 6.41. The number of amides is 1. The molecule has 0 bridgehead atoms. The van der Waals surface area contributed by atoms with Crippen LogP contribution < -0.4 is 11.1 Å². The molecule has 2 unspecified atom stereocenters. The van der Waals surface area contributed by atoms with E-state index in [-0.39, 0.29) is 11.2 Å². The summed E-state index contributed by atoms with van der Waals surface area (Å²) in [5, 5.41) is 3.27. The van der Waals surface area contributed by atoms with Crippen molar-refractivity contribution in [3.63, 3.8) is 0 Å². The van der Waals surface area contributed by atoms with Gasteiger partial charge in [0.05, 0.1) is 16.0 Å². The van der Waals surface area contributed by atoms with Gasteiger partial charge in [-0.05, 0) is 36.8 Å². The van der Waals surface area contributed by atoms with Crippen LogP contribution in [0.5, 0.6) is 0 Å². The maximum Gasteiger partial charge on any atom is 0.237 e. The lowest BCUT2D eigenvalue weighted by Gasteiger charge is -2.14. The van der Waals surface area contributed by atoms with Gasteiger partial charge in [0, 0.05) is 5.69 Å². The Morgan fingerprint density at radius 1 is 1.47 bits per heavy atom. The van der Waals surface area contributed by atoms with Gasteiger partial charge in [0.1, 0.15) is 0 Å². The van der Waals surface area contributed by atoms with Crippen LogP contribution in [0, 0.1) is 5.92 Å². The maximum absolute atomic E-state index is 12.0. The van der Waals surface area contributed by atoms with E-state index in [0.29, 0.717) is 22.3 Å². The highest BCUT2D eigenvalue weighted by atomic mass is 35.5. The van der Waals surface area contributed by atoms with E-state index >= 15 is 0 Å². The van der Waals surface area contributed by atoms with Crippen molar-refractivity contribution in [2.45, 2.75) is 32.4 Å². The van der Waals surface area contributed by atoms with Crippen LogP contribution in [0.1, 0.15) is 27.2 Å². The predicted octanol–water partition coefficient (Wildman–Crippen LogP) is 4.03. The lowest BCUT2D eigenvalue weighted by Crippen LogP contribution is -2.23. The number of nitrogens with one attached hydrogen (secondary N) is 1. The largest absolute Gasteiger partial charge is 0.397 e. The molecule has 0 fully saturated rings. The second kappa shape index (κ2) is 7.65. The molecule has 0 aliphatic carbocycles. The molecule has 1 rings (SSSR count). The molecule has 1 aromatic carbocycles. The van der Waals surface area contributed by atoms with E-state index in [9.17, 15) is 4.79 Å². The van der Waals surface area contributed by atoms with Gasteiger partial charge in [0.15, 0.2) is 0 Å². The summed E-state index contributed by atoms with van der Waals surface area (Å²) in [4.78, 5) is 12.0. The smallest absolute Gasteiger partial charge is 0.237 e. The van der Waals surface area contributed by atoms with E-state index in [2.05, 4.69) is 19.2 Å². The number of benzene rings is 1. The maximum atomic E-state index is 12.0. The van der Waals surface area contributed by atoms with E-state index < -0.39 is 0 Å². The molecular weight excluding hydrogens is 280 g/mol. The van der Waals surface area contributed by atoms with Gasteiger partial charge in [0.2, 0.25) is 5.91 Å². The van der Waals surface area contributed by atoms with Gasteiger partial charge in [-0.3, -0.25) is 4.79 Å². The first kappa shape index (κ1) is 16.2. The quantitative estimate of drug-likeness (QED) is 0.780. The van der Waals surface area contributed by atoms with Crippen molar-refractivity contribution in [3.05, 3.63) is 23.2 Å². The molecule has 0 saturated carbocycles. The highest BCUT2D eigenvalue weighted by Gasteiger charge is 2.14. The van der Waals surface area contributed by atoms with Crippen LogP contribution in [0.25, 0.3) is 0 Å². The molecule has 0 aromatic heterocycles. The number of nitrogens with two attached hydrogens (primary N) is 1. The summed E-state index contributed by atoms with van der Waals surface area (Å²) in [7, 11) is 0. The Morgan fingerprint density at radius 2 is 2.16 bits per heavy atom. The van der Waals surface area contributed by atoms with Crippen LogP contribution in [0.3, 0.4) is 0 Å². The fourth-order valence-electron chi connectivity index (χ4n) is 1.37. The van der Waals surface area contributed by atoms with Gasteiger partial charge in [-0.15, -0.1) is 11.8 Å². The lowest BCUT2D eigenvalue weighted by atomic mass is 10.2. The first-order chi connectivity index (χ1) is 8.93. The minimum absolute atomic E-state index is 0.00461. The van der Waals surface area contributed by atoms with Gasteiger partial charge in [-0.25, -0.2) is 0 Å². The SMILES string of the molecule is CCC(C)CSC(C)C(=O)Nc1ccc(Cl)c(N)c1. The Morgan fingerprint density at radius 3 is 2.74 bits per heavy atom. The third-order valence-corrected chi connectivity index (χ3v) is 4.78. The monoisotopic (exact) mass is 300 g/mol. The molecule has 1 aromatic rings. The number of nitrogen functional groups attached to an aromatic ring is 1. The number of hydrogen-bond acceptors (Lipinski definition) is 3. The van der Waals surface area contributed by atoms with E-state index in [1.807, 2.05) is 6.92 Å². The van der Waals surface area contributed by atoms with Crippen LogP contribution in [-0.4, -0.2) is 16.9 Å². The number of carbonyl (C=O) groups excluding carboxylic acids is 1. The van der Waals surface area contributed by atoms with Crippen LogP contribution in [0.15, 0.2) is 18.2 Å². The second-order valence-electron chi connectivity index (χ2n) is 4.71. The zero-order chi connectivity index (χ0) is 14.4. The summed E-state index contributed by atoms with van der Waals surface area (Å²) in [5.74, 6) is 1.62. The molecule has 19 heavy (non-hydrogen) atoms. The fourth-order valence-corrected chi connectivity index (χ4v) is 2.55. The molecular formula is C14H21ClN2OS. The normalized spacial score (nSPS) is 13.9. The highest BCUT2D eigenvalue weighted by molar-refractivity contribution is 8.00. The molecule has 0 saturated heterocycles. The lowest BCUT2D eigenvalue weighted by molar-refractivity contribution is -0.115. The van der Waals surface area contributed by atoms with Gasteiger partial charge >= 0.3 is 0 Å². The number of halogens is 1. The van der Waals surface area contributed by atoms with E-state index in [4.69, 9.17) is 17.3 Å². The van der Waals surface area contributed by atoms with Gasteiger partial charge < -0.3 is 11.1 Å². The summed E-state index contributed by atoms with van der Waals surface area (Å²) in [6.07, 6.45) is 1.13. The number of anilines is 2. The van der Waals surface area contributed by atoms with Crippen molar-refractivity contribution in [1.82, 2.24) is 0 Å². The van der Waals surface area contributed by atoms with Crippen LogP contribution in [0.2, 0.25) is 5.02 Å². The van der Waals surface area contributed by atoms with Crippen LogP contribution in [-0.2, 0) is 4.79 Å². The second-order valence-corrected chi connectivity index (χ2v) is 6.50. The molecule has 5 heteroatoms. The topological polar surface area (TPSA) is 55.1 Å². The molecule has 0 aliphatic heterocycles. The molecule has 0 radical (unpaired) electrons. The zero-order valence-electron chi connectivity index (χ0n) is 11.6. The zero-order valence-corrected chi connectivity index (χ0v) is 13.1. The standard InChI is InChI=1S/C14H21ClN2OS/c1-4-9(2)8-19-10(3)14(18)17-11-5-6-12(15)13(16)7-11/h5-7,9-10H,4,8,16H2,1-3H3,(H,17,18). The summed E-state index contributed by atoms with van der Waals surface area (Å²) in [6, 6.07) is 5.11. The first-order valence-corrected chi connectivity index (χ1v) is 7.84. The van der Waals surface area contributed by atoms with Crippen molar-refractivity contribution in [3.8, 4) is 0 Å². The number of thioether (sulfide) groups is 1. The molecule has 2 atom stereocenters. The average Bonchev–Trinajstić information content (AvgIpc) is 2.39. The number of hydrogen-bond donors (Lipinski definition) is 2. The average molecular weight is 301 g/mol. The molecule has 0 heterocycles. The number of rotatable bonds is 6. The summed E-state index contributed by atoms with van der Waals surface area (Å²) in [5.41, 5.74) is 6.86. The Labute approximate surface area is 124 Å². The third-order valence-electron chi connectivity index (χ3n) is 2.96. The van der Waals surface area contributed by atoms with Crippen molar-refractivity contribution in [1.29, 1.82) is 0 Å². The van der Waals surface area contributed by atoms with Gasteiger partial charge in [-0.2, -0.15) is 0 Å². The molecule has 0 spiro atoms. The van der Waals surface area contributed by atoms with Crippen molar-refractivity contribution < 1.29 is 4.79 Å². The summed E-state index contributed by atoms with van der Waals surface area (Å²) < 4.78 is 0. The highest BCUT2D eigenvalue weighted by Crippen LogP contribution is 2.23. The Kier molecular flexibility index (Phi) is 6.52. The minimum Gasteiger partial charge on any atom is -0.397 e. The van der Waals surface area contributed by atoms with Gasteiger partial charge in [-0.1, -0.05) is 31.9 Å². The molecule has 0 aliphatic rings.